The Morgan fingerprint density at radius 1 is 0.585 bits per heavy atom. The van der Waals surface area contributed by atoms with Crippen molar-refractivity contribution >= 4 is 6.29 Å². The zero-order valence-electron chi connectivity index (χ0n) is 27.1. The van der Waals surface area contributed by atoms with Gasteiger partial charge in [0, 0.05) is 24.2 Å². The monoisotopic (exact) mass is 577 g/mol. The van der Waals surface area contributed by atoms with Crippen LogP contribution in [0.25, 0.3) is 0 Å². The maximum absolute atomic E-state index is 11.5. The molecular formula is C36H68N2O3. The van der Waals surface area contributed by atoms with Gasteiger partial charge in [-0.3, -0.25) is 4.79 Å². The van der Waals surface area contributed by atoms with Gasteiger partial charge in [0.1, 0.15) is 6.29 Å². The molecule has 6 atom stereocenters. The van der Waals surface area contributed by atoms with Gasteiger partial charge >= 0.3 is 0 Å². The van der Waals surface area contributed by atoms with E-state index in [0.717, 1.165) is 56.8 Å². The van der Waals surface area contributed by atoms with Crippen molar-refractivity contribution in [2.75, 3.05) is 0 Å². The van der Waals surface area contributed by atoms with E-state index in [2.05, 4.69) is 30.6 Å². The molecule has 0 bridgehead atoms. The summed E-state index contributed by atoms with van der Waals surface area (Å²) in [4.78, 5) is 11.5. The smallest absolute Gasteiger partial charge is 0.145 e. The fraction of sp³-hybridized carbons (Fsp3) is 0.917. The highest BCUT2D eigenvalue weighted by atomic mass is 16.3. The molecule has 0 spiro atoms. The zero-order chi connectivity index (χ0) is 29.5. The van der Waals surface area contributed by atoms with E-state index in [9.17, 15) is 15.0 Å². The van der Waals surface area contributed by atoms with Gasteiger partial charge in [-0.15, -0.1) is 0 Å². The van der Waals surface area contributed by atoms with Crippen molar-refractivity contribution in [3.8, 4) is 0 Å². The molecule has 0 aromatic carbocycles. The molecule has 2 aliphatic rings. The molecule has 0 radical (unpaired) electrons. The molecule has 2 rings (SSSR count). The summed E-state index contributed by atoms with van der Waals surface area (Å²) in [7, 11) is 0. The summed E-state index contributed by atoms with van der Waals surface area (Å²) in [5, 5.41) is 26.8. The van der Waals surface area contributed by atoms with Gasteiger partial charge in [0.2, 0.25) is 0 Å². The maximum Gasteiger partial charge on any atom is 0.145 e. The quantitative estimate of drug-likeness (QED) is 0.0528. The first kappa shape index (κ1) is 36.4. The van der Waals surface area contributed by atoms with Crippen LogP contribution >= 0.6 is 0 Å². The molecule has 240 valence electrons. The summed E-state index contributed by atoms with van der Waals surface area (Å²) in [5.74, 6) is 0. The fourth-order valence-electron chi connectivity index (χ4n) is 6.88. The molecule has 2 fully saturated rings. The first-order valence-corrected chi connectivity index (χ1v) is 18.0. The molecule has 4 N–H and O–H groups in total. The lowest BCUT2D eigenvalue weighted by Crippen LogP contribution is -2.48. The number of piperidine rings is 2. The second-order valence-electron chi connectivity index (χ2n) is 13.6. The third-order valence-electron chi connectivity index (χ3n) is 9.86. The molecule has 0 aromatic heterocycles. The van der Waals surface area contributed by atoms with Crippen LogP contribution in [0.15, 0.2) is 11.6 Å². The fourth-order valence-corrected chi connectivity index (χ4v) is 6.88. The van der Waals surface area contributed by atoms with Crippen molar-refractivity contribution in [1.82, 2.24) is 10.6 Å². The largest absolute Gasteiger partial charge is 0.392 e. The lowest BCUT2D eigenvalue weighted by atomic mass is 9.93. The van der Waals surface area contributed by atoms with Gasteiger partial charge in [0.05, 0.1) is 12.2 Å². The minimum Gasteiger partial charge on any atom is -0.392 e. The molecule has 6 unspecified atom stereocenters. The molecule has 2 aliphatic heterocycles. The van der Waals surface area contributed by atoms with E-state index >= 15 is 0 Å². The standard InChI is InChI=1S/C36H68N2O3/c1-30-35(40)27-25-33(37-30)23-19-15-11-6-4-3-5-9-13-17-21-32(29-39)22-18-14-10-7-8-12-16-20-24-34-26-28-36(41)31(2)38-34/h21,29-31,33-38,40-41H,3-20,22-28H2,1-2H3. The van der Waals surface area contributed by atoms with Gasteiger partial charge in [-0.1, -0.05) is 102 Å². The Bertz CT molecular complexity index is 669. The number of hydrogen-bond donors (Lipinski definition) is 4. The van der Waals surface area contributed by atoms with Gasteiger partial charge in [0.15, 0.2) is 0 Å². The van der Waals surface area contributed by atoms with Crippen LogP contribution in [0.2, 0.25) is 0 Å². The number of rotatable bonds is 24. The predicted octanol–water partition coefficient (Wildman–Crippen LogP) is 8.31. The maximum atomic E-state index is 11.5. The van der Waals surface area contributed by atoms with E-state index in [-0.39, 0.29) is 24.3 Å². The summed E-state index contributed by atoms with van der Waals surface area (Å²) in [6.45, 7) is 4.20. The topological polar surface area (TPSA) is 81.6 Å². The highest BCUT2D eigenvalue weighted by Crippen LogP contribution is 2.20. The Balaban J connectivity index is 1.30. The zero-order valence-corrected chi connectivity index (χ0v) is 27.1. The van der Waals surface area contributed by atoms with Crippen LogP contribution in [0, 0.1) is 0 Å². The summed E-state index contributed by atoms with van der Waals surface area (Å²) in [6.07, 6.45) is 34.0. The molecule has 5 heteroatoms. The first-order chi connectivity index (χ1) is 20.0. The number of hydrogen-bond acceptors (Lipinski definition) is 5. The lowest BCUT2D eigenvalue weighted by Gasteiger charge is -2.32. The molecule has 2 saturated heterocycles. The van der Waals surface area contributed by atoms with Crippen LogP contribution in [0.1, 0.15) is 174 Å². The number of aliphatic hydroxyl groups excluding tert-OH is 2. The average molecular weight is 577 g/mol. The molecule has 0 aliphatic carbocycles. The van der Waals surface area contributed by atoms with Crippen molar-refractivity contribution in [3.63, 3.8) is 0 Å². The molecule has 2 heterocycles. The van der Waals surface area contributed by atoms with Crippen LogP contribution in [0.5, 0.6) is 0 Å². The second kappa shape index (κ2) is 23.7. The number of aldehydes is 1. The molecule has 5 nitrogen and oxygen atoms in total. The van der Waals surface area contributed by atoms with Crippen molar-refractivity contribution in [2.45, 2.75) is 211 Å². The lowest BCUT2D eigenvalue weighted by molar-refractivity contribution is -0.105. The van der Waals surface area contributed by atoms with Crippen LogP contribution in [-0.4, -0.2) is 52.9 Å². The number of nitrogens with one attached hydrogen (secondary N) is 2. The van der Waals surface area contributed by atoms with Crippen molar-refractivity contribution in [2.24, 2.45) is 0 Å². The van der Waals surface area contributed by atoms with Crippen LogP contribution in [0.4, 0.5) is 0 Å². The van der Waals surface area contributed by atoms with E-state index in [0.29, 0.717) is 12.1 Å². The average Bonchev–Trinajstić information content (AvgIpc) is 2.97. The highest BCUT2D eigenvalue weighted by molar-refractivity contribution is 5.72. The molecule has 0 aromatic rings. The molecule has 0 saturated carbocycles. The number of carbonyl (C=O) groups excluding carboxylic acids is 1. The third kappa shape index (κ3) is 17.8. The Morgan fingerprint density at radius 2 is 0.976 bits per heavy atom. The Morgan fingerprint density at radius 3 is 1.39 bits per heavy atom. The van der Waals surface area contributed by atoms with E-state index in [1.165, 1.54) is 116 Å². The number of carbonyl (C=O) groups is 1. The van der Waals surface area contributed by atoms with Gasteiger partial charge in [0.25, 0.3) is 0 Å². The van der Waals surface area contributed by atoms with E-state index in [1.807, 2.05) is 0 Å². The third-order valence-corrected chi connectivity index (χ3v) is 9.86. The normalized spacial score (nSPS) is 27.3. The van der Waals surface area contributed by atoms with Crippen molar-refractivity contribution < 1.29 is 15.0 Å². The SMILES string of the molecule is CC1NC(CCCCCCCCCCCC=C(C=O)CCCCCCCCCCC2CCC(O)C(C)N2)CCC1O. The van der Waals surface area contributed by atoms with E-state index in [4.69, 9.17) is 0 Å². The number of allylic oxidation sites excluding steroid dienone is 2. The summed E-state index contributed by atoms with van der Waals surface area (Å²) in [6, 6.07) is 1.73. The molecular weight excluding hydrogens is 508 g/mol. The van der Waals surface area contributed by atoms with Crippen LogP contribution < -0.4 is 10.6 Å². The minimum absolute atomic E-state index is 0.155. The molecule has 41 heavy (non-hydrogen) atoms. The summed E-state index contributed by atoms with van der Waals surface area (Å²) in [5.41, 5.74) is 1.03. The Labute approximate surface area is 254 Å². The van der Waals surface area contributed by atoms with Gasteiger partial charge in [-0.25, -0.2) is 0 Å². The number of unbranched alkanes of at least 4 members (excludes halogenated alkanes) is 16. The predicted molar refractivity (Wildman–Crippen MR) is 174 cm³/mol. The summed E-state index contributed by atoms with van der Waals surface area (Å²) >= 11 is 0. The Kier molecular flexibility index (Phi) is 21.0. The number of aliphatic hydroxyl groups is 2. The molecule has 0 amide bonds. The van der Waals surface area contributed by atoms with Crippen LogP contribution in [0.3, 0.4) is 0 Å². The van der Waals surface area contributed by atoms with E-state index in [1.54, 1.807) is 0 Å². The second-order valence-corrected chi connectivity index (χ2v) is 13.6. The Hall–Kier alpha value is -0.750. The minimum atomic E-state index is -0.160. The van der Waals surface area contributed by atoms with Crippen LogP contribution in [-0.2, 0) is 4.79 Å². The highest BCUT2D eigenvalue weighted by Gasteiger charge is 2.25. The van der Waals surface area contributed by atoms with Gasteiger partial charge in [-0.2, -0.15) is 0 Å². The first-order valence-electron chi connectivity index (χ1n) is 18.0. The van der Waals surface area contributed by atoms with Gasteiger partial charge in [-0.05, 0) is 83.6 Å². The van der Waals surface area contributed by atoms with Crippen molar-refractivity contribution in [3.05, 3.63) is 11.6 Å². The summed E-state index contributed by atoms with van der Waals surface area (Å²) < 4.78 is 0. The van der Waals surface area contributed by atoms with Gasteiger partial charge < -0.3 is 20.8 Å². The van der Waals surface area contributed by atoms with Crippen molar-refractivity contribution in [1.29, 1.82) is 0 Å². The van der Waals surface area contributed by atoms with E-state index < -0.39 is 0 Å².